The molecule has 0 aliphatic carbocycles. The minimum Gasteiger partial charge on any atom is -0.495 e. The second-order valence-electron chi connectivity index (χ2n) is 8.19. The molecule has 1 fully saturated rings. The van der Waals surface area contributed by atoms with Gasteiger partial charge >= 0.3 is 6.03 Å². The second kappa shape index (κ2) is 11.9. The van der Waals surface area contributed by atoms with Gasteiger partial charge in [0, 0.05) is 0 Å². The lowest BCUT2D eigenvalue weighted by Crippen LogP contribution is -2.38. The number of para-hydroxylation sites is 2. The number of anilines is 1. The Bertz CT molecular complexity index is 1390. The zero-order chi connectivity index (χ0) is 27.1. The summed E-state index contributed by atoms with van der Waals surface area (Å²) in [6.07, 6.45) is 1.48. The van der Waals surface area contributed by atoms with E-state index in [0.29, 0.717) is 40.7 Å². The summed E-state index contributed by atoms with van der Waals surface area (Å²) in [4.78, 5) is 38.7. The molecular weight excluding hydrogens is 493 g/mol. The maximum atomic E-state index is 13.5. The maximum Gasteiger partial charge on any atom is 0.329 e. The van der Waals surface area contributed by atoms with E-state index >= 15 is 0 Å². The Morgan fingerprint density at radius 1 is 1.00 bits per heavy atom. The van der Waals surface area contributed by atoms with Crippen LogP contribution in [0.2, 0.25) is 0 Å². The molecule has 1 aliphatic rings. The average Bonchev–Trinajstić information content (AvgIpc) is 3.16. The Morgan fingerprint density at radius 3 is 2.58 bits per heavy atom. The number of carbonyl (C=O) groups excluding carboxylic acids is 3. The Labute approximate surface area is 218 Å². The monoisotopic (exact) mass is 519 g/mol. The van der Waals surface area contributed by atoms with E-state index in [2.05, 4.69) is 10.6 Å². The maximum absolute atomic E-state index is 13.5. The normalized spacial score (nSPS) is 13.9. The van der Waals surface area contributed by atoms with Crippen LogP contribution in [0.3, 0.4) is 0 Å². The number of benzene rings is 3. The number of rotatable bonds is 10. The van der Waals surface area contributed by atoms with Crippen LogP contribution in [0.25, 0.3) is 6.08 Å². The van der Waals surface area contributed by atoms with Crippen LogP contribution in [-0.4, -0.2) is 43.0 Å². The average molecular weight is 520 g/mol. The highest BCUT2D eigenvalue weighted by Crippen LogP contribution is 2.30. The first kappa shape index (κ1) is 26.2. The summed E-state index contributed by atoms with van der Waals surface area (Å²) in [5.74, 6) is -0.246. The van der Waals surface area contributed by atoms with Gasteiger partial charge in [-0.3, -0.25) is 9.59 Å². The minimum absolute atomic E-state index is 0.0102. The largest absolute Gasteiger partial charge is 0.495 e. The fourth-order valence-corrected chi connectivity index (χ4v) is 3.75. The highest BCUT2D eigenvalue weighted by Gasteiger charge is 2.35. The molecule has 0 saturated carbocycles. The van der Waals surface area contributed by atoms with Crippen LogP contribution in [0.15, 0.2) is 72.4 Å². The molecule has 1 aliphatic heterocycles. The van der Waals surface area contributed by atoms with Crippen molar-refractivity contribution < 1.29 is 33.0 Å². The van der Waals surface area contributed by atoms with Gasteiger partial charge in [-0.25, -0.2) is 14.1 Å². The highest BCUT2D eigenvalue weighted by molar-refractivity contribution is 6.16. The van der Waals surface area contributed by atoms with Crippen LogP contribution in [0, 0.1) is 5.82 Å². The van der Waals surface area contributed by atoms with E-state index in [1.165, 1.54) is 25.3 Å². The summed E-state index contributed by atoms with van der Waals surface area (Å²) in [6, 6.07) is 17.2. The van der Waals surface area contributed by atoms with Crippen LogP contribution < -0.4 is 24.8 Å². The number of carbonyl (C=O) groups is 3. The minimum atomic E-state index is -0.712. The number of ether oxygens (including phenoxy) is 3. The van der Waals surface area contributed by atoms with Crippen LogP contribution in [0.4, 0.5) is 14.9 Å². The summed E-state index contributed by atoms with van der Waals surface area (Å²) >= 11 is 0. The molecule has 38 heavy (non-hydrogen) atoms. The topological polar surface area (TPSA) is 106 Å². The van der Waals surface area contributed by atoms with Gasteiger partial charge < -0.3 is 24.8 Å². The first-order valence-corrected chi connectivity index (χ1v) is 11.8. The van der Waals surface area contributed by atoms with Gasteiger partial charge in [0.25, 0.3) is 5.91 Å². The van der Waals surface area contributed by atoms with Crippen molar-refractivity contribution in [3.63, 3.8) is 0 Å². The van der Waals surface area contributed by atoms with Crippen LogP contribution in [0.5, 0.6) is 17.2 Å². The molecule has 3 aromatic rings. The number of methoxy groups -OCH3 is 1. The molecule has 0 aromatic heterocycles. The summed E-state index contributed by atoms with van der Waals surface area (Å²) < 4.78 is 30.1. The SMILES string of the molecule is CCOc1cc(/C=C2/NC(=O)N(CC(=O)Nc3ccccc3OC)C2=O)ccc1OCc1cccc(F)c1. The number of urea groups is 1. The number of nitrogens with zero attached hydrogens (tertiary/aromatic N) is 1. The molecule has 3 aromatic carbocycles. The van der Waals surface area contributed by atoms with Crippen LogP contribution >= 0.6 is 0 Å². The summed E-state index contributed by atoms with van der Waals surface area (Å²) in [7, 11) is 1.47. The first-order valence-electron chi connectivity index (χ1n) is 11.8. The molecule has 4 amide bonds. The van der Waals surface area contributed by atoms with Gasteiger partial charge in [-0.05, 0) is 60.5 Å². The molecule has 4 rings (SSSR count). The predicted octanol–water partition coefficient (Wildman–Crippen LogP) is 4.34. The molecule has 0 unspecified atom stereocenters. The van der Waals surface area contributed by atoms with Gasteiger partial charge in [0.2, 0.25) is 5.91 Å². The summed E-state index contributed by atoms with van der Waals surface area (Å²) in [5.41, 5.74) is 1.66. The lowest BCUT2D eigenvalue weighted by Gasteiger charge is -2.13. The number of halogens is 1. The third-order valence-electron chi connectivity index (χ3n) is 5.51. The Hall–Kier alpha value is -4.86. The lowest BCUT2D eigenvalue weighted by atomic mass is 10.1. The molecule has 0 radical (unpaired) electrons. The van der Waals surface area contributed by atoms with Crippen molar-refractivity contribution in [1.29, 1.82) is 0 Å². The molecule has 0 atom stereocenters. The number of hydrogen-bond donors (Lipinski definition) is 2. The third kappa shape index (κ3) is 6.28. The quantitative estimate of drug-likeness (QED) is 0.305. The Balaban J connectivity index is 1.45. The van der Waals surface area contributed by atoms with E-state index in [0.717, 1.165) is 4.90 Å². The van der Waals surface area contributed by atoms with E-state index in [1.807, 2.05) is 6.92 Å². The molecule has 196 valence electrons. The molecular formula is C28H26FN3O6. The standard InChI is InChI=1S/C28H26FN3O6/c1-3-37-25-15-18(11-12-24(25)38-17-19-7-6-8-20(29)13-19)14-22-27(34)32(28(35)31-22)16-26(33)30-21-9-4-5-10-23(21)36-2/h4-15H,3,16-17H2,1-2H3,(H,30,33)(H,31,35)/b22-14+. The van der Waals surface area contributed by atoms with Crippen molar-refractivity contribution in [3.05, 3.63) is 89.4 Å². The Morgan fingerprint density at radius 2 is 1.82 bits per heavy atom. The first-order chi connectivity index (χ1) is 18.4. The van der Waals surface area contributed by atoms with Gasteiger partial charge in [-0.2, -0.15) is 0 Å². The van der Waals surface area contributed by atoms with Crippen molar-refractivity contribution >= 4 is 29.6 Å². The fourth-order valence-electron chi connectivity index (χ4n) is 3.75. The van der Waals surface area contributed by atoms with E-state index < -0.39 is 24.4 Å². The van der Waals surface area contributed by atoms with Crippen LogP contribution in [-0.2, 0) is 16.2 Å². The van der Waals surface area contributed by atoms with E-state index in [4.69, 9.17) is 14.2 Å². The summed E-state index contributed by atoms with van der Waals surface area (Å²) in [6.45, 7) is 1.84. The van der Waals surface area contributed by atoms with Crippen molar-refractivity contribution in [2.45, 2.75) is 13.5 Å². The van der Waals surface area contributed by atoms with Crippen molar-refractivity contribution in [2.24, 2.45) is 0 Å². The zero-order valence-corrected chi connectivity index (χ0v) is 20.8. The fraction of sp³-hybridized carbons (Fsp3) is 0.179. The molecule has 0 bridgehead atoms. The van der Waals surface area contributed by atoms with E-state index in [-0.39, 0.29) is 18.1 Å². The van der Waals surface area contributed by atoms with Crippen molar-refractivity contribution in [1.82, 2.24) is 10.2 Å². The van der Waals surface area contributed by atoms with Crippen molar-refractivity contribution in [2.75, 3.05) is 25.6 Å². The molecule has 2 N–H and O–H groups in total. The Kier molecular flexibility index (Phi) is 8.22. The zero-order valence-electron chi connectivity index (χ0n) is 20.8. The lowest BCUT2D eigenvalue weighted by molar-refractivity contribution is -0.127. The van der Waals surface area contributed by atoms with Gasteiger partial charge in [-0.15, -0.1) is 0 Å². The molecule has 1 saturated heterocycles. The van der Waals surface area contributed by atoms with Crippen LogP contribution in [0.1, 0.15) is 18.1 Å². The van der Waals surface area contributed by atoms with Gasteiger partial charge in [0.15, 0.2) is 11.5 Å². The van der Waals surface area contributed by atoms with E-state index in [9.17, 15) is 18.8 Å². The van der Waals surface area contributed by atoms with E-state index in [1.54, 1.807) is 54.6 Å². The second-order valence-corrected chi connectivity index (χ2v) is 8.19. The number of hydrogen-bond acceptors (Lipinski definition) is 6. The molecule has 10 heteroatoms. The number of amides is 4. The van der Waals surface area contributed by atoms with Gasteiger partial charge in [0.1, 0.15) is 30.4 Å². The molecule has 1 heterocycles. The smallest absolute Gasteiger partial charge is 0.329 e. The van der Waals surface area contributed by atoms with Gasteiger partial charge in [0.05, 0.1) is 19.4 Å². The van der Waals surface area contributed by atoms with Gasteiger partial charge in [-0.1, -0.05) is 30.3 Å². The third-order valence-corrected chi connectivity index (χ3v) is 5.51. The number of nitrogens with one attached hydrogen (secondary N) is 2. The number of imide groups is 1. The predicted molar refractivity (Wildman–Crippen MR) is 138 cm³/mol. The molecule has 9 nitrogen and oxygen atoms in total. The van der Waals surface area contributed by atoms with Crippen molar-refractivity contribution in [3.8, 4) is 17.2 Å². The highest BCUT2D eigenvalue weighted by atomic mass is 19.1. The molecule has 0 spiro atoms. The summed E-state index contributed by atoms with van der Waals surface area (Å²) in [5, 5.41) is 5.14.